The Hall–Kier alpha value is -2.62. The van der Waals surface area contributed by atoms with E-state index in [2.05, 4.69) is 5.32 Å². The maximum absolute atomic E-state index is 13.1. The summed E-state index contributed by atoms with van der Waals surface area (Å²) in [6.45, 7) is 1.98. The number of nitrogens with one attached hydrogen (secondary N) is 1. The van der Waals surface area contributed by atoms with Gasteiger partial charge < -0.3 is 9.73 Å². The summed E-state index contributed by atoms with van der Waals surface area (Å²) in [5.74, 6) is -0.582. The molecule has 0 fully saturated rings. The highest BCUT2D eigenvalue weighted by Crippen LogP contribution is 2.23. The van der Waals surface area contributed by atoms with Gasteiger partial charge in [-0.25, -0.2) is 4.39 Å². The number of aryl methyl sites for hydroxylation is 1. The van der Waals surface area contributed by atoms with Crippen LogP contribution in [0.25, 0.3) is 11.0 Å². The van der Waals surface area contributed by atoms with Gasteiger partial charge in [-0.15, -0.1) is 0 Å². The molecule has 0 saturated heterocycles. The number of fused-ring (bicyclic) bond motifs is 1. The Morgan fingerprint density at radius 2 is 2.10 bits per heavy atom. The standard InChI is InChI=1S/C17H14FNO2/c1-11-5-6-15-12(10-21-16(15)7-11)8-17(20)19-14-4-2-3-13(18)9-14/h2-7,9-10H,8H2,1H3,(H,19,20). The molecule has 0 spiro atoms. The van der Waals surface area contributed by atoms with Crippen molar-refractivity contribution in [3.63, 3.8) is 0 Å². The lowest BCUT2D eigenvalue weighted by Gasteiger charge is -2.04. The van der Waals surface area contributed by atoms with Crippen molar-refractivity contribution in [3.05, 3.63) is 65.7 Å². The van der Waals surface area contributed by atoms with Crippen molar-refractivity contribution in [1.29, 1.82) is 0 Å². The highest BCUT2D eigenvalue weighted by Gasteiger charge is 2.11. The Balaban J connectivity index is 1.77. The predicted molar refractivity (Wildman–Crippen MR) is 79.7 cm³/mol. The Kier molecular flexibility index (Phi) is 3.44. The van der Waals surface area contributed by atoms with Gasteiger partial charge in [-0.2, -0.15) is 0 Å². The van der Waals surface area contributed by atoms with Crippen molar-refractivity contribution < 1.29 is 13.6 Å². The molecule has 2 aromatic carbocycles. The molecule has 0 unspecified atom stereocenters. The number of furan rings is 1. The molecule has 0 atom stereocenters. The van der Waals surface area contributed by atoms with E-state index in [0.29, 0.717) is 5.69 Å². The fourth-order valence-electron chi connectivity index (χ4n) is 2.27. The molecular weight excluding hydrogens is 269 g/mol. The summed E-state index contributed by atoms with van der Waals surface area (Å²) in [7, 11) is 0. The molecule has 3 nitrogen and oxygen atoms in total. The van der Waals surface area contributed by atoms with Crippen molar-refractivity contribution in [2.45, 2.75) is 13.3 Å². The lowest BCUT2D eigenvalue weighted by Crippen LogP contribution is -2.14. The Labute approximate surface area is 121 Å². The minimum Gasteiger partial charge on any atom is -0.464 e. The molecule has 0 aliphatic rings. The zero-order valence-corrected chi connectivity index (χ0v) is 11.5. The van der Waals surface area contributed by atoms with Crippen molar-refractivity contribution in [1.82, 2.24) is 0 Å². The van der Waals surface area contributed by atoms with Crippen molar-refractivity contribution >= 4 is 22.6 Å². The summed E-state index contributed by atoms with van der Waals surface area (Å²) in [5.41, 5.74) is 3.14. The summed E-state index contributed by atoms with van der Waals surface area (Å²) in [6, 6.07) is 11.7. The molecular formula is C17H14FNO2. The van der Waals surface area contributed by atoms with E-state index in [0.717, 1.165) is 22.1 Å². The minimum absolute atomic E-state index is 0.187. The molecule has 0 saturated carbocycles. The normalized spacial score (nSPS) is 10.8. The van der Waals surface area contributed by atoms with Crippen LogP contribution in [0.2, 0.25) is 0 Å². The number of hydrogen-bond acceptors (Lipinski definition) is 2. The quantitative estimate of drug-likeness (QED) is 0.787. The van der Waals surface area contributed by atoms with E-state index in [-0.39, 0.29) is 18.1 Å². The molecule has 0 aliphatic carbocycles. The third-order valence-electron chi connectivity index (χ3n) is 3.27. The molecule has 1 heterocycles. The Morgan fingerprint density at radius 3 is 2.90 bits per heavy atom. The van der Waals surface area contributed by atoms with Crippen LogP contribution in [0, 0.1) is 12.7 Å². The molecule has 3 aromatic rings. The van der Waals surface area contributed by atoms with E-state index in [9.17, 15) is 9.18 Å². The molecule has 0 aliphatic heterocycles. The van der Waals surface area contributed by atoms with Crippen molar-refractivity contribution in [2.75, 3.05) is 5.32 Å². The number of rotatable bonds is 3. The number of anilines is 1. The third kappa shape index (κ3) is 2.94. The monoisotopic (exact) mass is 283 g/mol. The molecule has 1 amide bonds. The highest BCUT2D eigenvalue weighted by molar-refractivity contribution is 5.95. The van der Waals surface area contributed by atoms with E-state index in [1.54, 1.807) is 18.4 Å². The first-order valence-electron chi connectivity index (χ1n) is 6.64. The highest BCUT2D eigenvalue weighted by atomic mass is 19.1. The fourth-order valence-corrected chi connectivity index (χ4v) is 2.27. The summed E-state index contributed by atoms with van der Waals surface area (Å²) >= 11 is 0. The summed E-state index contributed by atoms with van der Waals surface area (Å²) < 4.78 is 18.5. The van der Waals surface area contributed by atoms with Crippen LogP contribution in [0.3, 0.4) is 0 Å². The molecule has 1 aromatic heterocycles. The minimum atomic E-state index is -0.378. The van der Waals surface area contributed by atoms with E-state index in [4.69, 9.17) is 4.42 Å². The fraction of sp³-hybridized carbons (Fsp3) is 0.118. The van der Waals surface area contributed by atoms with Gasteiger partial charge in [0, 0.05) is 16.6 Å². The number of benzene rings is 2. The van der Waals surface area contributed by atoms with Gasteiger partial charge >= 0.3 is 0 Å². The Morgan fingerprint density at radius 1 is 1.24 bits per heavy atom. The number of carbonyl (C=O) groups excluding carboxylic acids is 1. The molecule has 106 valence electrons. The SMILES string of the molecule is Cc1ccc2c(CC(=O)Nc3cccc(F)c3)coc2c1. The van der Waals surface area contributed by atoms with Gasteiger partial charge in [0.05, 0.1) is 12.7 Å². The second-order valence-electron chi connectivity index (χ2n) is 5.00. The molecule has 1 N–H and O–H groups in total. The van der Waals surface area contributed by atoms with Crippen LogP contribution in [0.4, 0.5) is 10.1 Å². The van der Waals surface area contributed by atoms with Gasteiger partial charge in [-0.05, 0) is 36.8 Å². The van der Waals surface area contributed by atoms with Crippen LogP contribution in [0.15, 0.2) is 53.1 Å². The van der Waals surface area contributed by atoms with E-state index >= 15 is 0 Å². The Bertz CT molecular complexity index is 807. The smallest absolute Gasteiger partial charge is 0.228 e. The van der Waals surface area contributed by atoms with Crippen molar-refractivity contribution in [3.8, 4) is 0 Å². The van der Waals surface area contributed by atoms with Crippen LogP contribution in [-0.2, 0) is 11.2 Å². The van der Waals surface area contributed by atoms with Gasteiger partial charge in [0.15, 0.2) is 0 Å². The lowest BCUT2D eigenvalue weighted by atomic mass is 10.1. The van der Waals surface area contributed by atoms with E-state index in [1.165, 1.54) is 12.1 Å². The largest absolute Gasteiger partial charge is 0.464 e. The van der Waals surface area contributed by atoms with Crippen LogP contribution in [-0.4, -0.2) is 5.91 Å². The van der Waals surface area contributed by atoms with E-state index in [1.807, 2.05) is 25.1 Å². The van der Waals surface area contributed by atoms with Gasteiger partial charge in [-0.1, -0.05) is 18.2 Å². The maximum atomic E-state index is 13.1. The first-order valence-corrected chi connectivity index (χ1v) is 6.64. The number of amides is 1. The first kappa shape index (κ1) is 13.4. The van der Waals surface area contributed by atoms with E-state index < -0.39 is 0 Å². The van der Waals surface area contributed by atoms with Crippen LogP contribution >= 0.6 is 0 Å². The molecule has 0 bridgehead atoms. The van der Waals surface area contributed by atoms with Gasteiger partial charge in [0.1, 0.15) is 11.4 Å². The van der Waals surface area contributed by atoms with Gasteiger partial charge in [0.2, 0.25) is 5.91 Å². The average Bonchev–Trinajstić information content (AvgIpc) is 2.81. The second kappa shape index (κ2) is 5.40. The van der Waals surface area contributed by atoms with Crippen molar-refractivity contribution in [2.24, 2.45) is 0 Å². The maximum Gasteiger partial charge on any atom is 0.228 e. The molecule has 4 heteroatoms. The summed E-state index contributed by atoms with van der Waals surface area (Å²) in [6.07, 6.45) is 1.78. The van der Waals surface area contributed by atoms with Crippen LogP contribution in [0.5, 0.6) is 0 Å². The first-order chi connectivity index (χ1) is 10.1. The number of halogens is 1. The number of hydrogen-bond donors (Lipinski definition) is 1. The third-order valence-corrected chi connectivity index (χ3v) is 3.27. The second-order valence-corrected chi connectivity index (χ2v) is 5.00. The number of carbonyl (C=O) groups is 1. The topological polar surface area (TPSA) is 42.2 Å². The summed E-state index contributed by atoms with van der Waals surface area (Å²) in [5, 5.41) is 3.60. The zero-order valence-electron chi connectivity index (χ0n) is 11.5. The molecule has 0 radical (unpaired) electrons. The van der Waals surface area contributed by atoms with Gasteiger partial charge in [0.25, 0.3) is 0 Å². The lowest BCUT2D eigenvalue weighted by molar-refractivity contribution is -0.115. The van der Waals surface area contributed by atoms with Gasteiger partial charge in [-0.3, -0.25) is 4.79 Å². The van der Waals surface area contributed by atoms with Crippen LogP contribution in [0.1, 0.15) is 11.1 Å². The summed E-state index contributed by atoms with van der Waals surface area (Å²) in [4.78, 5) is 12.0. The zero-order chi connectivity index (χ0) is 14.8. The predicted octanol–water partition coefficient (Wildman–Crippen LogP) is 4.06. The van der Waals surface area contributed by atoms with Crippen LogP contribution < -0.4 is 5.32 Å². The molecule has 3 rings (SSSR count). The molecule has 21 heavy (non-hydrogen) atoms. The average molecular weight is 283 g/mol.